The van der Waals surface area contributed by atoms with E-state index in [0.29, 0.717) is 16.4 Å². The third-order valence-corrected chi connectivity index (χ3v) is 4.89. The summed E-state index contributed by atoms with van der Waals surface area (Å²) in [5.41, 5.74) is 0.181. The Morgan fingerprint density at radius 1 is 1.56 bits per heavy atom. The summed E-state index contributed by atoms with van der Waals surface area (Å²) in [5, 5.41) is 15.3. The van der Waals surface area contributed by atoms with Gasteiger partial charge in [0.25, 0.3) is 10.0 Å². The topological polar surface area (TPSA) is 94.3 Å². The largest absolute Gasteiger partial charge is 0.355 e. The number of nitrogens with zero attached hydrogens (tertiary/aromatic N) is 2. The maximum atomic E-state index is 12.0. The second-order valence-electron chi connectivity index (χ2n) is 3.77. The molecule has 1 aromatic rings. The van der Waals surface area contributed by atoms with E-state index in [1.807, 2.05) is 13.0 Å². The number of rotatable bonds is 2. The first-order valence-corrected chi connectivity index (χ1v) is 7.64. The predicted molar refractivity (Wildman–Crippen MR) is 70.3 cm³/mol. The summed E-state index contributed by atoms with van der Waals surface area (Å²) < 4.78 is 27.7. The van der Waals surface area contributed by atoms with Gasteiger partial charge in [-0.2, -0.15) is 13.7 Å². The Morgan fingerprint density at radius 2 is 2.28 bits per heavy atom. The van der Waals surface area contributed by atoms with Gasteiger partial charge in [-0.25, -0.2) is 0 Å². The molecular weight excluding hydrogens is 272 g/mol. The van der Waals surface area contributed by atoms with Gasteiger partial charge in [0, 0.05) is 11.4 Å². The molecule has 0 unspecified atom stereocenters. The molecule has 0 bridgehead atoms. The van der Waals surface area contributed by atoms with Crippen molar-refractivity contribution < 1.29 is 8.42 Å². The number of guanidine groups is 1. The van der Waals surface area contributed by atoms with Crippen molar-refractivity contribution in [3.8, 4) is 6.07 Å². The SMILES string of the molecule is CCCNC1=NS(=O)(=O)c2c(sc(C)c2C#N)N1. The summed E-state index contributed by atoms with van der Waals surface area (Å²) in [5.74, 6) is 0.218. The first-order valence-electron chi connectivity index (χ1n) is 5.39. The molecule has 0 radical (unpaired) electrons. The number of thiophene rings is 1. The van der Waals surface area contributed by atoms with E-state index >= 15 is 0 Å². The maximum absolute atomic E-state index is 12.0. The molecule has 0 aliphatic carbocycles. The minimum atomic E-state index is -3.79. The zero-order valence-corrected chi connectivity index (χ0v) is 11.6. The minimum Gasteiger partial charge on any atom is -0.355 e. The summed E-state index contributed by atoms with van der Waals surface area (Å²) in [6, 6.07) is 1.92. The number of hydrogen-bond donors (Lipinski definition) is 2. The Balaban J connectivity index is 2.49. The van der Waals surface area contributed by atoms with Crippen molar-refractivity contribution in [2.24, 2.45) is 4.40 Å². The molecule has 1 aliphatic rings. The number of sulfonamides is 1. The van der Waals surface area contributed by atoms with Gasteiger partial charge in [0.05, 0.1) is 5.56 Å². The maximum Gasteiger partial charge on any atom is 0.289 e. The molecule has 0 atom stereocenters. The molecule has 0 amide bonds. The van der Waals surface area contributed by atoms with Gasteiger partial charge in [-0.15, -0.1) is 15.7 Å². The van der Waals surface area contributed by atoms with Crippen LogP contribution >= 0.6 is 11.3 Å². The second-order valence-corrected chi connectivity index (χ2v) is 6.54. The van der Waals surface area contributed by atoms with Gasteiger partial charge in [-0.1, -0.05) is 6.92 Å². The highest BCUT2D eigenvalue weighted by molar-refractivity contribution is 7.90. The van der Waals surface area contributed by atoms with Crippen molar-refractivity contribution >= 4 is 32.3 Å². The molecule has 96 valence electrons. The van der Waals surface area contributed by atoms with Crippen LogP contribution in [-0.4, -0.2) is 20.9 Å². The summed E-state index contributed by atoms with van der Waals surface area (Å²) in [4.78, 5) is 0.667. The van der Waals surface area contributed by atoms with Crippen molar-refractivity contribution in [3.63, 3.8) is 0 Å². The number of fused-ring (bicyclic) bond motifs is 1. The van der Waals surface area contributed by atoms with E-state index in [-0.39, 0.29) is 16.4 Å². The van der Waals surface area contributed by atoms with Crippen LogP contribution in [0.2, 0.25) is 0 Å². The van der Waals surface area contributed by atoms with Gasteiger partial charge < -0.3 is 10.6 Å². The van der Waals surface area contributed by atoms with Crippen molar-refractivity contribution in [2.75, 3.05) is 11.9 Å². The summed E-state index contributed by atoms with van der Waals surface area (Å²) in [6.07, 6.45) is 0.862. The van der Waals surface area contributed by atoms with E-state index in [9.17, 15) is 8.42 Å². The van der Waals surface area contributed by atoms with Crippen LogP contribution < -0.4 is 10.6 Å². The Labute approximate surface area is 109 Å². The van der Waals surface area contributed by atoms with E-state index in [4.69, 9.17) is 5.26 Å². The Bertz CT molecular complexity index is 652. The number of anilines is 1. The summed E-state index contributed by atoms with van der Waals surface area (Å²) in [7, 11) is -3.79. The van der Waals surface area contributed by atoms with Crippen LogP contribution in [0.1, 0.15) is 23.8 Å². The quantitative estimate of drug-likeness (QED) is 0.856. The zero-order valence-electron chi connectivity index (χ0n) is 9.94. The average molecular weight is 284 g/mol. The molecule has 2 heterocycles. The van der Waals surface area contributed by atoms with Gasteiger partial charge in [0.1, 0.15) is 16.0 Å². The van der Waals surface area contributed by atoms with Gasteiger partial charge in [-0.05, 0) is 13.3 Å². The third-order valence-electron chi connectivity index (χ3n) is 2.40. The van der Waals surface area contributed by atoms with Crippen molar-refractivity contribution in [1.82, 2.24) is 5.32 Å². The van der Waals surface area contributed by atoms with Crippen LogP contribution in [0.5, 0.6) is 0 Å². The first kappa shape index (κ1) is 12.9. The smallest absolute Gasteiger partial charge is 0.289 e. The van der Waals surface area contributed by atoms with Crippen molar-refractivity contribution in [3.05, 3.63) is 10.4 Å². The third kappa shape index (κ3) is 2.07. The zero-order chi connectivity index (χ0) is 13.3. The fraction of sp³-hybridized carbons (Fsp3) is 0.400. The minimum absolute atomic E-state index is 0.00505. The highest BCUT2D eigenvalue weighted by atomic mass is 32.2. The monoisotopic (exact) mass is 284 g/mol. The number of hydrogen-bond acceptors (Lipinski definition) is 6. The van der Waals surface area contributed by atoms with E-state index in [2.05, 4.69) is 15.0 Å². The molecule has 0 saturated carbocycles. The van der Waals surface area contributed by atoms with E-state index in [1.54, 1.807) is 6.92 Å². The fourth-order valence-corrected chi connectivity index (χ4v) is 4.19. The normalized spacial score (nSPS) is 16.2. The fourth-order valence-electron chi connectivity index (χ4n) is 1.60. The molecule has 0 saturated heterocycles. The number of nitriles is 1. The second kappa shape index (κ2) is 4.59. The van der Waals surface area contributed by atoms with Crippen molar-refractivity contribution in [2.45, 2.75) is 25.2 Å². The van der Waals surface area contributed by atoms with Gasteiger partial charge in [0.2, 0.25) is 5.96 Å². The highest BCUT2D eigenvalue weighted by Crippen LogP contribution is 2.38. The molecule has 8 heteroatoms. The standard InChI is InChI=1S/C10H12N4O2S2/c1-3-4-12-10-13-9-8(18(15,16)14-10)7(5-11)6(2)17-9/h3-4H2,1-2H3,(H2,12,13,14). The predicted octanol–water partition coefficient (Wildman–Crippen LogP) is 1.40. The Kier molecular flexibility index (Phi) is 3.28. The van der Waals surface area contributed by atoms with Crippen molar-refractivity contribution in [1.29, 1.82) is 5.26 Å². The number of aryl methyl sites for hydroxylation is 1. The van der Waals surface area contributed by atoms with Crippen LogP contribution in [0.3, 0.4) is 0 Å². The molecule has 0 spiro atoms. The molecule has 6 nitrogen and oxygen atoms in total. The lowest BCUT2D eigenvalue weighted by atomic mass is 10.3. The average Bonchev–Trinajstić information content (AvgIpc) is 2.62. The molecule has 2 rings (SSSR count). The van der Waals surface area contributed by atoms with Gasteiger partial charge in [-0.3, -0.25) is 0 Å². The van der Waals surface area contributed by atoms with Gasteiger partial charge >= 0.3 is 0 Å². The van der Waals surface area contributed by atoms with Crippen LogP contribution in [0.15, 0.2) is 9.29 Å². The van der Waals surface area contributed by atoms with E-state index < -0.39 is 10.0 Å². The summed E-state index contributed by atoms with van der Waals surface area (Å²) in [6.45, 7) is 4.32. The lowest BCUT2D eigenvalue weighted by Gasteiger charge is -2.15. The summed E-state index contributed by atoms with van der Waals surface area (Å²) >= 11 is 1.25. The molecule has 0 fully saturated rings. The van der Waals surface area contributed by atoms with Crippen LogP contribution in [0.25, 0.3) is 0 Å². The highest BCUT2D eigenvalue weighted by Gasteiger charge is 2.31. The molecule has 18 heavy (non-hydrogen) atoms. The Hall–Kier alpha value is -1.59. The van der Waals surface area contributed by atoms with Crippen LogP contribution in [0, 0.1) is 18.3 Å². The molecule has 1 aromatic heterocycles. The lowest BCUT2D eigenvalue weighted by Crippen LogP contribution is -2.34. The first-order chi connectivity index (χ1) is 8.49. The van der Waals surface area contributed by atoms with E-state index in [1.165, 1.54) is 11.3 Å². The molecule has 1 aliphatic heterocycles. The molecular formula is C10H12N4O2S2. The Morgan fingerprint density at radius 3 is 2.89 bits per heavy atom. The van der Waals surface area contributed by atoms with Crippen LogP contribution in [-0.2, 0) is 10.0 Å². The molecule has 2 N–H and O–H groups in total. The van der Waals surface area contributed by atoms with E-state index in [0.717, 1.165) is 6.42 Å². The number of nitrogens with one attached hydrogen (secondary N) is 2. The lowest BCUT2D eigenvalue weighted by molar-refractivity contribution is 0.597. The molecule has 0 aromatic carbocycles. The van der Waals surface area contributed by atoms with Gasteiger partial charge in [0.15, 0.2) is 0 Å². The van der Waals surface area contributed by atoms with Crippen LogP contribution in [0.4, 0.5) is 5.00 Å².